The first-order valence-corrected chi connectivity index (χ1v) is 9.65. The number of nitrogens with zero attached hydrogens (tertiary/aromatic N) is 1. The van der Waals surface area contributed by atoms with Gasteiger partial charge in [-0.25, -0.2) is 4.79 Å². The minimum atomic E-state index is -0.102. The predicted molar refractivity (Wildman–Crippen MR) is 102 cm³/mol. The number of fused-ring (bicyclic) bond motifs is 1. The van der Waals surface area contributed by atoms with Crippen LogP contribution >= 0.6 is 0 Å². The fourth-order valence-electron chi connectivity index (χ4n) is 4.02. The van der Waals surface area contributed by atoms with E-state index < -0.39 is 0 Å². The Morgan fingerprint density at radius 2 is 1.67 bits per heavy atom. The Balaban J connectivity index is 1.23. The van der Waals surface area contributed by atoms with E-state index in [0.717, 1.165) is 32.1 Å². The highest BCUT2D eigenvalue weighted by Crippen LogP contribution is 2.21. The molecule has 142 valence electrons. The van der Waals surface area contributed by atoms with Crippen LogP contribution in [0.15, 0.2) is 47.1 Å². The van der Waals surface area contributed by atoms with Crippen molar-refractivity contribution in [3.63, 3.8) is 0 Å². The first-order chi connectivity index (χ1) is 13.2. The van der Waals surface area contributed by atoms with Gasteiger partial charge in [-0.15, -0.1) is 0 Å². The van der Waals surface area contributed by atoms with Gasteiger partial charge in [0.25, 0.3) is 5.91 Å². The van der Waals surface area contributed by atoms with Crippen molar-refractivity contribution < 1.29 is 14.0 Å². The Hall–Kier alpha value is -2.76. The van der Waals surface area contributed by atoms with Crippen molar-refractivity contribution in [3.8, 4) is 0 Å². The Morgan fingerprint density at radius 3 is 2.41 bits per heavy atom. The van der Waals surface area contributed by atoms with Crippen LogP contribution in [0.1, 0.15) is 40.9 Å². The average molecular weight is 367 g/mol. The summed E-state index contributed by atoms with van der Waals surface area (Å²) in [6, 6.07) is 12.0. The van der Waals surface area contributed by atoms with E-state index in [-0.39, 0.29) is 24.0 Å². The van der Waals surface area contributed by atoms with Crippen molar-refractivity contribution in [2.45, 2.75) is 44.2 Å². The molecule has 1 unspecified atom stereocenters. The summed E-state index contributed by atoms with van der Waals surface area (Å²) in [6.45, 7) is 1.25. The first-order valence-electron chi connectivity index (χ1n) is 9.65. The van der Waals surface area contributed by atoms with E-state index in [0.29, 0.717) is 18.8 Å². The molecule has 2 heterocycles. The van der Waals surface area contributed by atoms with Gasteiger partial charge in [-0.3, -0.25) is 4.79 Å². The molecule has 0 radical (unpaired) electrons. The normalized spacial score (nSPS) is 20.0. The van der Waals surface area contributed by atoms with Crippen molar-refractivity contribution in [2.24, 2.45) is 0 Å². The maximum Gasteiger partial charge on any atom is 0.315 e. The molecule has 6 heteroatoms. The van der Waals surface area contributed by atoms with Gasteiger partial charge in [0.2, 0.25) is 0 Å². The predicted octanol–water partition coefficient (Wildman–Crippen LogP) is 2.74. The Morgan fingerprint density at radius 1 is 0.926 bits per heavy atom. The van der Waals surface area contributed by atoms with E-state index in [9.17, 15) is 9.59 Å². The molecule has 3 amide bonds. The molecule has 1 aliphatic heterocycles. The molecule has 4 rings (SSSR count). The first kappa shape index (κ1) is 17.6. The highest BCUT2D eigenvalue weighted by atomic mass is 16.3. The lowest BCUT2D eigenvalue weighted by Gasteiger charge is -2.32. The van der Waals surface area contributed by atoms with Crippen LogP contribution in [0.4, 0.5) is 4.79 Å². The van der Waals surface area contributed by atoms with Gasteiger partial charge in [-0.2, -0.15) is 0 Å². The second-order valence-electron chi connectivity index (χ2n) is 7.37. The molecular weight excluding hydrogens is 342 g/mol. The van der Waals surface area contributed by atoms with Gasteiger partial charge >= 0.3 is 6.03 Å². The molecule has 1 atom stereocenters. The number of carbonyl (C=O) groups excluding carboxylic acids is 2. The Kier molecular flexibility index (Phi) is 5.14. The van der Waals surface area contributed by atoms with Gasteiger partial charge in [0, 0.05) is 25.2 Å². The zero-order chi connectivity index (χ0) is 18.6. The summed E-state index contributed by atoms with van der Waals surface area (Å²) in [6.07, 6.45) is 5.89. The lowest BCUT2D eigenvalue weighted by atomic mass is 9.88. The summed E-state index contributed by atoms with van der Waals surface area (Å²) in [5.41, 5.74) is 2.73. The van der Waals surface area contributed by atoms with Crippen molar-refractivity contribution in [1.82, 2.24) is 15.5 Å². The molecule has 0 saturated carbocycles. The van der Waals surface area contributed by atoms with Gasteiger partial charge in [0.05, 0.1) is 6.26 Å². The van der Waals surface area contributed by atoms with E-state index in [1.165, 1.54) is 17.4 Å². The van der Waals surface area contributed by atoms with Crippen LogP contribution in [-0.4, -0.2) is 42.0 Å². The number of nitrogens with one attached hydrogen (secondary N) is 2. The lowest BCUT2D eigenvalue weighted by molar-refractivity contribution is 0.0676. The quantitative estimate of drug-likeness (QED) is 0.876. The number of hydrogen-bond donors (Lipinski definition) is 2. The van der Waals surface area contributed by atoms with E-state index >= 15 is 0 Å². The summed E-state index contributed by atoms with van der Waals surface area (Å²) < 4.78 is 5.18. The molecule has 2 aliphatic rings. The topological polar surface area (TPSA) is 74.6 Å². The molecule has 1 fully saturated rings. The van der Waals surface area contributed by atoms with Crippen LogP contribution in [0.3, 0.4) is 0 Å². The zero-order valence-electron chi connectivity index (χ0n) is 15.3. The van der Waals surface area contributed by atoms with Crippen molar-refractivity contribution in [2.75, 3.05) is 13.1 Å². The third-order valence-electron chi connectivity index (χ3n) is 5.53. The number of hydrogen-bond acceptors (Lipinski definition) is 3. The van der Waals surface area contributed by atoms with Crippen LogP contribution < -0.4 is 10.6 Å². The van der Waals surface area contributed by atoms with Crippen LogP contribution in [0, 0.1) is 0 Å². The molecule has 1 saturated heterocycles. The van der Waals surface area contributed by atoms with Gasteiger partial charge in [-0.1, -0.05) is 24.3 Å². The van der Waals surface area contributed by atoms with Gasteiger partial charge in [0.1, 0.15) is 0 Å². The minimum absolute atomic E-state index is 0.0798. The van der Waals surface area contributed by atoms with E-state index in [2.05, 4.69) is 34.9 Å². The van der Waals surface area contributed by atoms with Crippen LogP contribution in [0.25, 0.3) is 0 Å². The van der Waals surface area contributed by atoms with E-state index in [1.807, 2.05) is 0 Å². The molecule has 0 spiro atoms. The summed E-state index contributed by atoms with van der Waals surface area (Å²) in [7, 11) is 0. The second-order valence-corrected chi connectivity index (χ2v) is 7.37. The average Bonchev–Trinajstić information content (AvgIpc) is 3.23. The molecule has 1 aromatic heterocycles. The molecule has 2 aromatic rings. The summed E-state index contributed by atoms with van der Waals surface area (Å²) in [5.74, 6) is 0.292. The third-order valence-corrected chi connectivity index (χ3v) is 5.53. The fraction of sp³-hybridized carbons (Fsp3) is 0.429. The molecule has 27 heavy (non-hydrogen) atoms. The molecule has 1 aliphatic carbocycles. The van der Waals surface area contributed by atoms with Crippen molar-refractivity contribution in [1.29, 1.82) is 0 Å². The Bertz CT molecular complexity index is 795. The van der Waals surface area contributed by atoms with Gasteiger partial charge in [0.15, 0.2) is 5.76 Å². The molecule has 6 nitrogen and oxygen atoms in total. The third kappa shape index (κ3) is 4.15. The van der Waals surface area contributed by atoms with Crippen LogP contribution in [0.5, 0.6) is 0 Å². The molecule has 1 aromatic carbocycles. The SMILES string of the molecule is O=C(NC1CCN(C(=O)c2ccco2)CC1)NC1CCc2ccccc2C1. The fourth-order valence-corrected chi connectivity index (χ4v) is 4.02. The second kappa shape index (κ2) is 7.86. The number of benzene rings is 1. The number of aryl methyl sites for hydroxylation is 1. The van der Waals surface area contributed by atoms with Crippen molar-refractivity contribution >= 4 is 11.9 Å². The molecular formula is C21H25N3O3. The van der Waals surface area contributed by atoms with Crippen LogP contribution in [-0.2, 0) is 12.8 Å². The van der Waals surface area contributed by atoms with Crippen molar-refractivity contribution in [3.05, 3.63) is 59.5 Å². The Labute approximate surface area is 158 Å². The number of likely N-dealkylation sites (tertiary alicyclic amines) is 1. The molecule has 0 bridgehead atoms. The number of urea groups is 1. The largest absolute Gasteiger partial charge is 0.459 e. The number of amides is 3. The summed E-state index contributed by atoms with van der Waals surface area (Å²) in [4.78, 5) is 26.4. The number of piperidine rings is 1. The lowest BCUT2D eigenvalue weighted by Crippen LogP contribution is -2.51. The number of furan rings is 1. The maximum absolute atomic E-state index is 12.4. The molecule has 2 N–H and O–H groups in total. The standard InChI is InChI=1S/C21H25N3O3/c25-20(19-6-3-13-27-19)24-11-9-17(10-12-24)22-21(26)23-18-8-7-15-4-1-2-5-16(15)14-18/h1-6,13,17-18H,7-12,14H2,(H2,22,23,26). The summed E-state index contributed by atoms with van der Waals surface area (Å²) in [5, 5.41) is 6.19. The monoisotopic (exact) mass is 367 g/mol. The van der Waals surface area contributed by atoms with Crippen LogP contribution in [0.2, 0.25) is 0 Å². The zero-order valence-corrected chi connectivity index (χ0v) is 15.3. The smallest absolute Gasteiger partial charge is 0.315 e. The van der Waals surface area contributed by atoms with E-state index in [4.69, 9.17) is 4.42 Å². The number of carbonyl (C=O) groups is 2. The minimum Gasteiger partial charge on any atom is -0.459 e. The van der Waals surface area contributed by atoms with E-state index in [1.54, 1.807) is 17.0 Å². The maximum atomic E-state index is 12.4. The highest BCUT2D eigenvalue weighted by Gasteiger charge is 2.26. The van der Waals surface area contributed by atoms with Gasteiger partial charge < -0.3 is 20.0 Å². The highest BCUT2D eigenvalue weighted by molar-refractivity contribution is 5.91. The summed E-state index contributed by atoms with van der Waals surface area (Å²) >= 11 is 0. The number of rotatable bonds is 3. The van der Waals surface area contributed by atoms with Gasteiger partial charge in [-0.05, 0) is 55.4 Å².